The summed E-state index contributed by atoms with van der Waals surface area (Å²) in [5, 5.41) is 14.2. The minimum Gasteiger partial charge on any atom is -0.388 e. The molecule has 2 atom stereocenters. The molecule has 1 aliphatic rings. The fourth-order valence-electron chi connectivity index (χ4n) is 2.65. The number of aliphatic hydroxyl groups is 1. The van der Waals surface area contributed by atoms with Gasteiger partial charge in [0, 0.05) is 29.8 Å². The second kappa shape index (κ2) is 5.70. The zero-order valence-corrected chi connectivity index (χ0v) is 12.7. The molecular formula is C15H23ClN2O. The lowest BCUT2D eigenvalue weighted by molar-refractivity contribution is 0.0839. The van der Waals surface area contributed by atoms with E-state index >= 15 is 0 Å². The van der Waals surface area contributed by atoms with Crippen LogP contribution in [-0.2, 0) is 0 Å². The van der Waals surface area contributed by atoms with Gasteiger partial charge in [0.2, 0.25) is 0 Å². The van der Waals surface area contributed by atoms with E-state index in [9.17, 15) is 5.11 Å². The molecule has 2 unspecified atom stereocenters. The summed E-state index contributed by atoms with van der Waals surface area (Å²) in [6.45, 7) is 8.57. The number of rotatable bonds is 4. The zero-order valence-electron chi connectivity index (χ0n) is 11.9. The van der Waals surface area contributed by atoms with E-state index in [-0.39, 0.29) is 6.04 Å². The van der Waals surface area contributed by atoms with Gasteiger partial charge in [0.25, 0.3) is 0 Å². The van der Waals surface area contributed by atoms with E-state index in [1.807, 2.05) is 13.0 Å². The van der Waals surface area contributed by atoms with Crippen molar-refractivity contribution in [1.29, 1.82) is 0 Å². The molecule has 1 fully saturated rings. The van der Waals surface area contributed by atoms with Crippen molar-refractivity contribution in [2.75, 3.05) is 24.5 Å². The summed E-state index contributed by atoms with van der Waals surface area (Å²) in [4.78, 5) is 2.19. The largest absolute Gasteiger partial charge is 0.388 e. The van der Waals surface area contributed by atoms with Crippen molar-refractivity contribution >= 4 is 17.3 Å². The summed E-state index contributed by atoms with van der Waals surface area (Å²) in [5.74, 6) is 0. The fourth-order valence-corrected chi connectivity index (χ4v) is 2.98. The highest BCUT2D eigenvalue weighted by atomic mass is 35.5. The molecule has 2 rings (SSSR count). The minimum atomic E-state index is -0.581. The highest BCUT2D eigenvalue weighted by Crippen LogP contribution is 2.31. The third-order valence-corrected chi connectivity index (χ3v) is 4.11. The molecule has 1 heterocycles. The second-order valence-corrected chi connectivity index (χ2v) is 6.06. The molecule has 0 bridgehead atoms. The number of halogens is 1. The average Bonchev–Trinajstić information content (AvgIpc) is 2.70. The minimum absolute atomic E-state index is 0.258. The van der Waals surface area contributed by atoms with Crippen LogP contribution in [0.3, 0.4) is 0 Å². The molecule has 0 aromatic heterocycles. The van der Waals surface area contributed by atoms with Crippen LogP contribution in [0.1, 0.15) is 38.8 Å². The number of nitrogens with zero attached hydrogens (tertiary/aromatic N) is 1. The van der Waals surface area contributed by atoms with Gasteiger partial charge in [-0.05, 0) is 44.5 Å². The van der Waals surface area contributed by atoms with E-state index in [0.717, 1.165) is 35.8 Å². The van der Waals surface area contributed by atoms with Crippen LogP contribution in [0.15, 0.2) is 18.2 Å². The number of benzene rings is 1. The van der Waals surface area contributed by atoms with E-state index in [1.54, 1.807) is 0 Å². The van der Waals surface area contributed by atoms with Gasteiger partial charge in [-0.2, -0.15) is 0 Å². The Morgan fingerprint density at radius 2 is 2.26 bits per heavy atom. The van der Waals surface area contributed by atoms with Crippen LogP contribution in [0, 0.1) is 0 Å². The number of anilines is 1. The fraction of sp³-hybridized carbons (Fsp3) is 0.600. The summed E-state index contributed by atoms with van der Waals surface area (Å²) >= 11 is 6.38. The molecule has 0 radical (unpaired) electrons. The molecule has 1 aromatic rings. The SMILES string of the molecule is CCNC(C)c1ccc(N2CCC(C)(O)C2)cc1Cl. The monoisotopic (exact) mass is 282 g/mol. The molecule has 2 N–H and O–H groups in total. The Bertz CT molecular complexity index is 448. The van der Waals surface area contributed by atoms with Gasteiger partial charge in [0.1, 0.15) is 0 Å². The summed E-state index contributed by atoms with van der Waals surface area (Å²) in [6.07, 6.45) is 0.806. The number of β-amino-alcohol motifs (C(OH)–C–C–N with tert-alkyl or cyclic N) is 1. The van der Waals surface area contributed by atoms with Crippen LogP contribution in [0.25, 0.3) is 0 Å². The Kier molecular flexibility index (Phi) is 4.39. The van der Waals surface area contributed by atoms with E-state index in [2.05, 4.69) is 36.2 Å². The first kappa shape index (κ1) is 14.6. The Morgan fingerprint density at radius 1 is 1.53 bits per heavy atom. The molecule has 1 aromatic carbocycles. The second-order valence-electron chi connectivity index (χ2n) is 5.65. The first-order chi connectivity index (χ1) is 8.93. The van der Waals surface area contributed by atoms with E-state index in [1.165, 1.54) is 0 Å². The molecule has 106 valence electrons. The van der Waals surface area contributed by atoms with Gasteiger partial charge >= 0.3 is 0 Å². The third kappa shape index (κ3) is 3.41. The van der Waals surface area contributed by atoms with Gasteiger partial charge in [-0.25, -0.2) is 0 Å². The third-order valence-electron chi connectivity index (χ3n) is 3.78. The van der Waals surface area contributed by atoms with E-state index in [0.29, 0.717) is 6.54 Å². The van der Waals surface area contributed by atoms with Crippen molar-refractivity contribution in [1.82, 2.24) is 5.32 Å². The molecule has 0 saturated carbocycles. The maximum absolute atomic E-state index is 10.0. The summed E-state index contributed by atoms with van der Waals surface area (Å²) in [6, 6.07) is 6.44. The Balaban J connectivity index is 2.15. The van der Waals surface area contributed by atoms with Crippen LogP contribution in [0.4, 0.5) is 5.69 Å². The van der Waals surface area contributed by atoms with Crippen LogP contribution in [0.5, 0.6) is 0 Å². The molecular weight excluding hydrogens is 260 g/mol. The van der Waals surface area contributed by atoms with Crippen molar-refractivity contribution < 1.29 is 5.11 Å². The molecule has 0 spiro atoms. The summed E-state index contributed by atoms with van der Waals surface area (Å²) < 4.78 is 0. The predicted molar refractivity (Wildman–Crippen MR) is 81.0 cm³/mol. The van der Waals surface area contributed by atoms with Gasteiger partial charge in [-0.3, -0.25) is 0 Å². The van der Waals surface area contributed by atoms with Crippen LogP contribution >= 0.6 is 11.6 Å². The first-order valence-corrected chi connectivity index (χ1v) is 7.31. The maximum Gasteiger partial charge on any atom is 0.0810 e. The number of hydrogen-bond donors (Lipinski definition) is 2. The van der Waals surface area contributed by atoms with Crippen molar-refractivity contribution in [2.45, 2.75) is 38.8 Å². The standard InChI is InChI=1S/C15H23ClN2O/c1-4-17-11(2)13-6-5-12(9-14(13)16)18-8-7-15(3,19)10-18/h5-6,9,11,17,19H,4,7-8,10H2,1-3H3. The molecule has 3 nitrogen and oxygen atoms in total. The van der Waals surface area contributed by atoms with Crippen molar-refractivity contribution in [3.63, 3.8) is 0 Å². The predicted octanol–water partition coefficient (Wildman–Crippen LogP) is 2.97. The first-order valence-electron chi connectivity index (χ1n) is 6.93. The highest BCUT2D eigenvalue weighted by Gasteiger charge is 2.31. The van der Waals surface area contributed by atoms with Gasteiger partial charge in [0.15, 0.2) is 0 Å². The molecule has 0 amide bonds. The van der Waals surface area contributed by atoms with Gasteiger partial charge < -0.3 is 15.3 Å². The average molecular weight is 283 g/mol. The molecule has 1 saturated heterocycles. The Hall–Kier alpha value is -0.770. The summed E-state index contributed by atoms with van der Waals surface area (Å²) in [5.41, 5.74) is 1.64. The van der Waals surface area contributed by atoms with Crippen LogP contribution < -0.4 is 10.2 Å². The van der Waals surface area contributed by atoms with Gasteiger partial charge in [0.05, 0.1) is 5.60 Å². The molecule has 19 heavy (non-hydrogen) atoms. The molecule has 0 aliphatic carbocycles. The quantitative estimate of drug-likeness (QED) is 0.891. The molecule has 1 aliphatic heterocycles. The van der Waals surface area contributed by atoms with E-state index in [4.69, 9.17) is 11.6 Å². The Labute approximate surface area is 120 Å². The zero-order chi connectivity index (χ0) is 14.0. The maximum atomic E-state index is 10.0. The highest BCUT2D eigenvalue weighted by molar-refractivity contribution is 6.31. The van der Waals surface area contributed by atoms with Gasteiger partial charge in [-0.1, -0.05) is 24.6 Å². The molecule has 4 heteroatoms. The smallest absolute Gasteiger partial charge is 0.0810 e. The lowest BCUT2D eigenvalue weighted by Gasteiger charge is -2.22. The summed E-state index contributed by atoms with van der Waals surface area (Å²) in [7, 11) is 0. The number of nitrogens with one attached hydrogen (secondary N) is 1. The lowest BCUT2D eigenvalue weighted by Crippen LogP contribution is -2.29. The van der Waals surface area contributed by atoms with E-state index < -0.39 is 5.60 Å². The lowest BCUT2D eigenvalue weighted by atomic mass is 10.1. The van der Waals surface area contributed by atoms with Crippen molar-refractivity contribution in [2.24, 2.45) is 0 Å². The Morgan fingerprint density at radius 3 is 2.79 bits per heavy atom. The van der Waals surface area contributed by atoms with Gasteiger partial charge in [-0.15, -0.1) is 0 Å². The van der Waals surface area contributed by atoms with Crippen molar-refractivity contribution in [3.8, 4) is 0 Å². The van der Waals surface area contributed by atoms with Crippen molar-refractivity contribution in [3.05, 3.63) is 28.8 Å². The van der Waals surface area contributed by atoms with Crippen LogP contribution in [0.2, 0.25) is 5.02 Å². The topological polar surface area (TPSA) is 35.5 Å². The normalized spacial score (nSPS) is 24.8. The number of hydrogen-bond acceptors (Lipinski definition) is 3. The van der Waals surface area contributed by atoms with Crippen LogP contribution in [-0.4, -0.2) is 30.3 Å².